The van der Waals surface area contributed by atoms with Crippen LogP contribution in [0, 0.1) is 5.82 Å². The van der Waals surface area contributed by atoms with Gasteiger partial charge in [0.25, 0.3) is 0 Å². The molecule has 0 fully saturated rings. The van der Waals surface area contributed by atoms with E-state index in [4.69, 9.17) is 10.9 Å². The summed E-state index contributed by atoms with van der Waals surface area (Å²) in [4.78, 5) is 2.54. The van der Waals surface area contributed by atoms with Crippen LogP contribution < -0.4 is 10.6 Å². The summed E-state index contributed by atoms with van der Waals surface area (Å²) < 4.78 is 14.0. The van der Waals surface area contributed by atoms with Crippen LogP contribution in [0.2, 0.25) is 0 Å². The van der Waals surface area contributed by atoms with Crippen LogP contribution in [0.1, 0.15) is 5.56 Å². The van der Waals surface area contributed by atoms with Crippen LogP contribution in [0.15, 0.2) is 52.5 Å². The summed E-state index contributed by atoms with van der Waals surface area (Å²) in [5.74, 6) is -0.335. The maximum atomic E-state index is 14.0. The molecular formula is C15H16FN3OS. The number of rotatable bonds is 4. The molecule has 2 aromatic carbocycles. The van der Waals surface area contributed by atoms with E-state index in [1.54, 1.807) is 36.2 Å². The molecule has 0 heterocycles. The third-order valence-corrected chi connectivity index (χ3v) is 3.94. The van der Waals surface area contributed by atoms with Crippen molar-refractivity contribution >= 4 is 29.0 Å². The molecule has 0 amide bonds. The van der Waals surface area contributed by atoms with Gasteiger partial charge in [-0.2, -0.15) is 0 Å². The summed E-state index contributed by atoms with van der Waals surface area (Å²) in [5.41, 5.74) is 7.46. The number of oxime groups is 1. The highest BCUT2D eigenvalue weighted by atomic mass is 32.2. The zero-order valence-corrected chi connectivity index (χ0v) is 12.6. The highest BCUT2D eigenvalue weighted by Gasteiger charge is 2.18. The molecule has 0 aliphatic rings. The fraction of sp³-hybridized carbons (Fsp3) is 0.133. The maximum absolute atomic E-state index is 14.0. The molecule has 2 rings (SSSR count). The number of benzene rings is 2. The Labute approximate surface area is 127 Å². The zero-order chi connectivity index (χ0) is 15.4. The first-order valence-corrected chi connectivity index (χ1v) is 7.45. The minimum atomic E-state index is -0.333. The molecule has 0 aliphatic carbocycles. The second kappa shape index (κ2) is 6.49. The molecule has 0 unspecified atom stereocenters. The molecule has 0 atom stereocenters. The lowest BCUT2D eigenvalue weighted by atomic mass is 10.1. The predicted octanol–water partition coefficient (Wildman–Crippen LogP) is 3.41. The number of anilines is 2. The Morgan fingerprint density at radius 2 is 1.86 bits per heavy atom. The van der Waals surface area contributed by atoms with Gasteiger partial charge in [0.15, 0.2) is 5.84 Å². The Morgan fingerprint density at radius 1 is 1.19 bits per heavy atom. The van der Waals surface area contributed by atoms with Crippen molar-refractivity contribution in [3.05, 3.63) is 53.8 Å². The van der Waals surface area contributed by atoms with Crippen molar-refractivity contribution in [3.8, 4) is 0 Å². The largest absolute Gasteiger partial charge is 0.409 e. The lowest BCUT2D eigenvalue weighted by Gasteiger charge is -2.24. The monoisotopic (exact) mass is 305 g/mol. The van der Waals surface area contributed by atoms with Gasteiger partial charge in [-0.1, -0.05) is 23.4 Å². The average Bonchev–Trinajstić information content (AvgIpc) is 2.53. The second-order valence-corrected chi connectivity index (χ2v) is 5.20. The van der Waals surface area contributed by atoms with Crippen LogP contribution in [-0.2, 0) is 0 Å². The van der Waals surface area contributed by atoms with E-state index in [0.717, 1.165) is 4.90 Å². The quantitative estimate of drug-likeness (QED) is 0.299. The van der Waals surface area contributed by atoms with Crippen LogP contribution in [0.25, 0.3) is 0 Å². The Hall–Kier alpha value is -2.21. The molecule has 3 N–H and O–H groups in total. The van der Waals surface area contributed by atoms with E-state index < -0.39 is 0 Å². The Balaban J connectivity index is 2.61. The maximum Gasteiger partial charge on any atom is 0.173 e. The first kappa shape index (κ1) is 15.2. The molecule has 0 aliphatic heterocycles. The van der Waals surface area contributed by atoms with Gasteiger partial charge in [0.1, 0.15) is 5.82 Å². The van der Waals surface area contributed by atoms with Gasteiger partial charge in [-0.05, 0) is 30.5 Å². The van der Waals surface area contributed by atoms with Gasteiger partial charge in [-0.3, -0.25) is 0 Å². The first-order valence-electron chi connectivity index (χ1n) is 6.23. The van der Waals surface area contributed by atoms with E-state index in [9.17, 15) is 4.39 Å². The van der Waals surface area contributed by atoms with Gasteiger partial charge in [0.2, 0.25) is 0 Å². The van der Waals surface area contributed by atoms with Crippen molar-refractivity contribution < 1.29 is 9.60 Å². The SMILES string of the molecule is CSc1cccc(N(C)c2ccccc2F)c1/C(N)=N/O. The molecule has 110 valence electrons. The average molecular weight is 305 g/mol. The van der Waals surface area contributed by atoms with Crippen LogP contribution in [-0.4, -0.2) is 24.3 Å². The van der Waals surface area contributed by atoms with E-state index >= 15 is 0 Å². The number of thioether (sulfide) groups is 1. The number of hydrogen-bond donors (Lipinski definition) is 2. The zero-order valence-electron chi connectivity index (χ0n) is 11.7. The van der Waals surface area contributed by atoms with Crippen LogP contribution >= 0.6 is 11.8 Å². The summed E-state index contributed by atoms with van der Waals surface area (Å²) >= 11 is 1.48. The summed E-state index contributed by atoms with van der Waals surface area (Å²) in [6.45, 7) is 0. The topological polar surface area (TPSA) is 61.8 Å². The Morgan fingerprint density at radius 3 is 2.48 bits per heavy atom. The number of nitrogens with two attached hydrogens (primary N) is 1. The van der Waals surface area contributed by atoms with E-state index in [-0.39, 0.29) is 11.7 Å². The van der Waals surface area contributed by atoms with Crippen LogP contribution in [0.5, 0.6) is 0 Å². The molecule has 0 bridgehead atoms. The molecule has 2 aromatic rings. The van der Waals surface area contributed by atoms with Gasteiger partial charge in [0.05, 0.1) is 16.9 Å². The summed E-state index contributed by atoms with van der Waals surface area (Å²) in [6.07, 6.45) is 1.90. The van der Waals surface area contributed by atoms with Gasteiger partial charge < -0.3 is 15.8 Å². The van der Waals surface area contributed by atoms with Gasteiger partial charge in [-0.25, -0.2) is 4.39 Å². The molecule has 0 aromatic heterocycles. The highest BCUT2D eigenvalue weighted by molar-refractivity contribution is 7.98. The fourth-order valence-electron chi connectivity index (χ4n) is 2.13. The smallest absolute Gasteiger partial charge is 0.173 e. The molecule has 21 heavy (non-hydrogen) atoms. The van der Waals surface area contributed by atoms with Crippen molar-refractivity contribution in [2.24, 2.45) is 10.9 Å². The van der Waals surface area contributed by atoms with Gasteiger partial charge in [-0.15, -0.1) is 11.8 Å². The van der Waals surface area contributed by atoms with E-state index in [1.165, 1.54) is 17.8 Å². The lowest BCUT2D eigenvalue weighted by Crippen LogP contribution is -2.21. The van der Waals surface area contributed by atoms with Crippen molar-refractivity contribution in [1.82, 2.24) is 0 Å². The standard InChI is InChI=1S/C15H16FN3OS/c1-19(11-7-4-3-6-10(11)16)12-8-5-9-13(21-2)14(12)15(17)18-20/h3-9,20H,1-2H3,(H2,17,18). The van der Waals surface area contributed by atoms with E-state index in [1.807, 2.05) is 18.4 Å². The molecule has 0 saturated heterocycles. The number of hydrogen-bond acceptors (Lipinski definition) is 4. The van der Waals surface area contributed by atoms with Crippen LogP contribution in [0.4, 0.5) is 15.8 Å². The summed E-state index contributed by atoms with van der Waals surface area (Å²) in [7, 11) is 1.74. The fourth-order valence-corrected chi connectivity index (χ4v) is 2.76. The molecule has 0 radical (unpaired) electrons. The van der Waals surface area contributed by atoms with Gasteiger partial charge >= 0.3 is 0 Å². The summed E-state index contributed by atoms with van der Waals surface area (Å²) in [5, 5.41) is 12.1. The van der Waals surface area contributed by atoms with Crippen LogP contribution in [0.3, 0.4) is 0 Å². The summed E-state index contributed by atoms with van der Waals surface area (Å²) in [6, 6.07) is 12.0. The predicted molar refractivity (Wildman–Crippen MR) is 85.2 cm³/mol. The minimum absolute atomic E-state index is 0.00172. The van der Waals surface area contributed by atoms with Crippen molar-refractivity contribution in [3.63, 3.8) is 0 Å². The van der Waals surface area contributed by atoms with Crippen molar-refractivity contribution in [1.29, 1.82) is 0 Å². The third kappa shape index (κ3) is 2.95. The Kier molecular flexibility index (Phi) is 4.70. The second-order valence-electron chi connectivity index (χ2n) is 4.35. The molecule has 0 spiro atoms. The normalized spacial score (nSPS) is 11.5. The number of halogens is 1. The van der Waals surface area contributed by atoms with E-state index in [2.05, 4.69) is 5.16 Å². The van der Waals surface area contributed by atoms with Crippen molar-refractivity contribution in [2.75, 3.05) is 18.2 Å². The third-order valence-electron chi connectivity index (χ3n) is 3.16. The van der Waals surface area contributed by atoms with E-state index in [0.29, 0.717) is 16.9 Å². The lowest BCUT2D eigenvalue weighted by molar-refractivity contribution is 0.318. The molecule has 6 heteroatoms. The molecule has 4 nitrogen and oxygen atoms in total. The first-order chi connectivity index (χ1) is 10.1. The van der Waals surface area contributed by atoms with Gasteiger partial charge in [0, 0.05) is 11.9 Å². The van der Waals surface area contributed by atoms with Crippen molar-refractivity contribution in [2.45, 2.75) is 4.90 Å². The molecular weight excluding hydrogens is 289 g/mol. The number of nitrogens with zero attached hydrogens (tertiary/aromatic N) is 2. The number of amidine groups is 1. The number of para-hydroxylation sites is 1. The highest BCUT2D eigenvalue weighted by Crippen LogP contribution is 2.33. The minimum Gasteiger partial charge on any atom is -0.409 e. The molecule has 0 saturated carbocycles. The Bertz CT molecular complexity index is 676.